The lowest BCUT2D eigenvalue weighted by atomic mass is 10.0. The van der Waals surface area contributed by atoms with Crippen LogP contribution >= 0.6 is 0 Å². The average molecular weight is 280 g/mol. The number of carboxylic acid groups (broad SMARTS) is 1. The van der Waals surface area contributed by atoms with Gasteiger partial charge >= 0.3 is 12.0 Å². The Kier molecular flexibility index (Phi) is 4.96. The smallest absolute Gasteiger partial charge is 0.319 e. The summed E-state index contributed by atoms with van der Waals surface area (Å²) >= 11 is 0. The number of nitrogens with one attached hydrogen (secondary N) is 2. The molecular formula is C14H20N2O4. The number of hydrogen-bond acceptors (Lipinski definition) is 3. The Morgan fingerprint density at radius 3 is 2.50 bits per heavy atom. The highest BCUT2D eigenvalue weighted by molar-refractivity contribution is 5.91. The van der Waals surface area contributed by atoms with E-state index in [1.807, 2.05) is 6.92 Å². The van der Waals surface area contributed by atoms with Gasteiger partial charge in [-0.25, -0.2) is 4.79 Å². The number of urea groups is 1. The summed E-state index contributed by atoms with van der Waals surface area (Å²) < 4.78 is 5.09. The van der Waals surface area contributed by atoms with Gasteiger partial charge in [-0.3, -0.25) is 4.79 Å². The monoisotopic (exact) mass is 280 g/mol. The molecule has 1 aromatic rings. The minimum atomic E-state index is -0.962. The third-order valence-electron chi connectivity index (χ3n) is 2.73. The Balaban J connectivity index is 2.69. The first-order valence-corrected chi connectivity index (χ1v) is 6.19. The first-order valence-electron chi connectivity index (χ1n) is 6.19. The topological polar surface area (TPSA) is 87.7 Å². The van der Waals surface area contributed by atoms with Crippen LogP contribution in [0.3, 0.4) is 0 Å². The van der Waals surface area contributed by atoms with Gasteiger partial charge in [-0.15, -0.1) is 0 Å². The van der Waals surface area contributed by atoms with Gasteiger partial charge in [-0.2, -0.15) is 0 Å². The van der Waals surface area contributed by atoms with E-state index < -0.39 is 17.5 Å². The predicted molar refractivity (Wildman–Crippen MR) is 76.2 cm³/mol. The molecular weight excluding hydrogens is 260 g/mol. The van der Waals surface area contributed by atoms with Gasteiger partial charge in [0.05, 0.1) is 13.5 Å². The number of hydrogen-bond donors (Lipinski definition) is 3. The molecule has 0 aromatic heterocycles. The highest BCUT2D eigenvalue weighted by Crippen LogP contribution is 2.21. The fourth-order valence-electron chi connectivity index (χ4n) is 1.79. The predicted octanol–water partition coefficient (Wildman–Crippen LogP) is 2.38. The van der Waals surface area contributed by atoms with Crippen LogP contribution in [0.4, 0.5) is 10.5 Å². The van der Waals surface area contributed by atoms with E-state index in [9.17, 15) is 9.59 Å². The standard InChI is InChI=1S/C14H20N2O4/c1-9-7-10(20-4)5-6-11(9)15-13(19)16-14(2,3)8-12(17)18/h5-7H,8H2,1-4H3,(H,17,18)(H2,15,16,19). The third kappa shape index (κ3) is 4.79. The molecule has 0 radical (unpaired) electrons. The SMILES string of the molecule is COc1ccc(NC(=O)NC(C)(C)CC(=O)O)c(C)c1. The van der Waals surface area contributed by atoms with Gasteiger partial charge in [0.25, 0.3) is 0 Å². The van der Waals surface area contributed by atoms with Crippen molar-refractivity contribution >= 4 is 17.7 Å². The number of rotatable bonds is 5. The third-order valence-corrected chi connectivity index (χ3v) is 2.73. The van der Waals surface area contributed by atoms with Crippen LogP contribution in [0.25, 0.3) is 0 Å². The van der Waals surface area contributed by atoms with Crippen molar-refractivity contribution < 1.29 is 19.4 Å². The second-order valence-corrected chi connectivity index (χ2v) is 5.21. The zero-order chi connectivity index (χ0) is 15.3. The molecule has 0 saturated heterocycles. The minimum Gasteiger partial charge on any atom is -0.497 e. The molecule has 6 nitrogen and oxygen atoms in total. The fraction of sp³-hybridized carbons (Fsp3) is 0.429. The molecule has 1 rings (SSSR count). The summed E-state index contributed by atoms with van der Waals surface area (Å²) in [5, 5.41) is 14.1. The van der Waals surface area contributed by atoms with Crippen molar-refractivity contribution in [3.8, 4) is 5.75 Å². The summed E-state index contributed by atoms with van der Waals surface area (Å²) in [6.07, 6.45) is -0.151. The first-order chi connectivity index (χ1) is 9.23. The van der Waals surface area contributed by atoms with E-state index in [2.05, 4.69) is 10.6 Å². The molecule has 0 unspecified atom stereocenters. The molecule has 6 heteroatoms. The Bertz CT molecular complexity index is 512. The molecule has 0 aliphatic rings. The Morgan fingerprint density at radius 2 is 2.00 bits per heavy atom. The van der Waals surface area contributed by atoms with Crippen LogP contribution in [0.15, 0.2) is 18.2 Å². The zero-order valence-electron chi connectivity index (χ0n) is 12.1. The van der Waals surface area contributed by atoms with E-state index >= 15 is 0 Å². The van der Waals surface area contributed by atoms with Crippen molar-refractivity contribution in [3.05, 3.63) is 23.8 Å². The van der Waals surface area contributed by atoms with Crippen LogP contribution in [0.1, 0.15) is 25.8 Å². The molecule has 2 amide bonds. The molecule has 0 saturated carbocycles. The summed E-state index contributed by atoms with van der Waals surface area (Å²) in [5.41, 5.74) is 0.681. The lowest BCUT2D eigenvalue weighted by molar-refractivity contribution is -0.138. The number of ether oxygens (including phenoxy) is 1. The number of aliphatic carboxylic acids is 1. The maximum Gasteiger partial charge on any atom is 0.319 e. The maximum atomic E-state index is 11.9. The lowest BCUT2D eigenvalue weighted by Gasteiger charge is -2.24. The van der Waals surface area contributed by atoms with Crippen LogP contribution in [0.5, 0.6) is 5.75 Å². The van der Waals surface area contributed by atoms with Gasteiger partial charge in [-0.05, 0) is 44.5 Å². The molecule has 0 spiro atoms. The number of aryl methyl sites for hydroxylation is 1. The van der Waals surface area contributed by atoms with Crippen molar-refractivity contribution in [2.45, 2.75) is 32.7 Å². The summed E-state index contributed by atoms with van der Waals surface area (Å²) in [5.74, 6) is -0.254. The quantitative estimate of drug-likeness (QED) is 0.772. The van der Waals surface area contributed by atoms with Crippen LogP contribution in [-0.4, -0.2) is 29.8 Å². The Labute approximate surface area is 118 Å². The van der Waals surface area contributed by atoms with Crippen LogP contribution < -0.4 is 15.4 Å². The molecule has 0 heterocycles. The lowest BCUT2D eigenvalue weighted by Crippen LogP contribution is -2.46. The number of carbonyl (C=O) groups is 2. The van der Waals surface area contributed by atoms with Crippen LogP contribution in [0.2, 0.25) is 0 Å². The van der Waals surface area contributed by atoms with E-state index in [1.54, 1.807) is 39.2 Å². The molecule has 0 atom stereocenters. The minimum absolute atomic E-state index is 0.151. The highest BCUT2D eigenvalue weighted by atomic mass is 16.5. The maximum absolute atomic E-state index is 11.9. The molecule has 0 aliphatic heterocycles. The first kappa shape index (κ1) is 15.8. The van der Waals surface area contributed by atoms with E-state index in [4.69, 9.17) is 9.84 Å². The van der Waals surface area contributed by atoms with Gasteiger partial charge in [0.15, 0.2) is 0 Å². The number of anilines is 1. The van der Waals surface area contributed by atoms with Crippen molar-refractivity contribution in [1.29, 1.82) is 0 Å². The van der Waals surface area contributed by atoms with Gasteiger partial charge in [0.2, 0.25) is 0 Å². The number of carbonyl (C=O) groups excluding carboxylic acids is 1. The van der Waals surface area contributed by atoms with Gasteiger partial charge in [0, 0.05) is 11.2 Å². The van der Waals surface area contributed by atoms with Gasteiger partial charge < -0.3 is 20.5 Å². The van der Waals surface area contributed by atoms with E-state index in [0.717, 1.165) is 5.56 Å². The van der Waals surface area contributed by atoms with Crippen LogP contribution in [0, 0.1) is 6.92 Å². The Morgan fingerprint density at radius 1 is 1.35 bits per heavy atom. The number of amides is 2. The summed E-state index contributed by atoms with van der Waals surface area (Å²) in [7, 11) is 1.57. The average Bonchev–Trinajstić information content (AvgIpc) is 2.29. The largest absolute Gasteiger partial charge is 0.497 e. The summed E-state index contributed by atoms with van der Waals surface area (Å²) in [6, 6.07) is 4.84. The fourth-order valence-corrected chi connectivity index (χ4v) is 1.79. The van der Waals surface area contributed by atoms with E-state index in [1.165, 1.54) is 0 Å². The van der Waals surface area contributed by atoms with Crippen molar-refractivity contribution in [2.24, 2.45) is 0 Å². The summed E-state index contributed by atoms with van der Waals surface area (Å²) in [6.45, 7) is 5.16. The normalized spacial score (nSPS) is 10.8. The number of benzene rings is 1. The van der Waals surface area contributed by atoms with Crippen molar-refractivity contribution in [2.75, 3.05) is 12.4 Å². The van der Waals surface area contributed by atoms with Crippen LogP contribution in [-0.2, 0) is 4.79 Å². The molecule has 3 N–H and O–H groups in total. The molecule has 0 fully saturated rings. The second-order valence-electron chi connectivity index (χ2n) is 5.21. The summed E-state index contributed by atoms with van der Waals surface area (Å²) in [4.78, 5) is 22.6. The molecule has 1 aromatic carbocycles. The van der Waals surface area contributed by atoms with E-state index in [0.29, 0.717) is 11.4 Å². The highest BCUT2D eigenvalue weighted by Gasteiger charge is 2.23. The van der Waals surface area contributed by atoms with E-state index in [-0.39, 0.29) is 6.42 Å². The Hall–Kier alpha value is -2.24. The van der Waals surface area contributed by atoms with Gasteiger partial charge in [-0.1, -0.05) is 0 Å². The van der Waals surface area contributed by atoms with Crippen molar-refractivity contribution in [3.63, 3.8) is 0 Å². The molecule has 20 heavy (non-hydrogen) atoms. The molecule has 110 valence electrons. The molecule has 0 aliphatic carbocycles. The zero-order valence-corrected chi connectivity index (χ0v) is 12.1. The van der Waals surface area contributed by atoms with Crippen molar-refractivity contribution in [1.82, 2.24) is 5.32 Å². The number of carboxylic acids is 1. The number of methoxy groups -OCH3 is 1. The van der Waals surface area contributed by atoms with Gasteiger partial charge in [0.1, 0.15) is 5.75 Å². The second kappa shape index (κ2) is 6.27. The molecule has 0 bridgehead atoms.